The van der Waals surface area contributed by atoms with Gasteiger partial charge in [-0.1, -0.05) is 11.6 Å². The molecule has 0 bridgehead atoms. The average molecular weight is 146 g/mol. The summed E-state index contributed by atoms with van der Waals surface area (Å²) in [6.07, 6.45) is 0.314. The molecular weight excluding hydrogens is 140 g/mol. The number of hydrogen-bond acceptors (Lipinski definition) is 1. The lowest BCUT2D eigenvalue weighted by molar-refractivity contribution is 0.416. The van der Waals surface area contributed by atoms with E-state index >= 15 is 0 Å². The zero-order valence-corrected chi connectivity index (χ0v) is 5.10. The fourth-order valence-electron chi connectivity index (χ4n) is 0.234. The van der Waals surface area contributed by atoms with Crippen molar-refractivity contribution in [3.05, 3.63) is 0 Å². The third-order valence-corrected chi connectivity index (χ3v) is 1.31. The Morgan fingerprint density at radius 2 is 2.00 bits per heavy atom. The maximum absolute atomic E-state index is 11.8. The minimum Gasteiger partial charge on any atom is -0.324 e. The molecule has 7 heavy (non-hydrogen) atoms. The largest absolute Gasteiger partial charge is 0.324 e. The summed E-state index contributed by atoms with van der Waals surface area (Å²) in [4.78, 5) is 0. The maximum atomic E-state index is 11.8. The van der Waals surface area contributed by atoms with Crippen LogP contribution in [0.3, 0.4) is 0 Å². The molecule has 2 N–H and O–H groups in total. The van der Waals surface area contributed by atoms with E-state index < -0.39 is 11.2 Å². The number of rotatable bonds is 0. The van der Waals surface area contributed by atoms with Crippen LogP contribution >= 0.6 is 24.0 Å². The van der Waals surface area contributed by atoms with E-state index in [2.05, 4.69) is 0 Å². The predicted octanol–water partition coefficient (Wildman–Crippen LogP) is 1.04. The summed E-state index contributed by atoms with van der Waals surface area (Å²) >= 11 is 5.00. The third-order valence-electron chi connectivity index (χ3n) is 0.874. The normalized spacial score (nSPS) is 47.6. The van der Waals surface area contributed by atoms with Crippen molar-refractivity contribution in [2.45, 2.75) is 17.6 Å². The van der Waals surface area contributed by atoms with Gasteiger partial charge in [0.1, 0.15) is 0 Å². The van der Waals surface area contributed by atoms with Gasteiger partial charge in [-0.15, -0.1) is 12.4 Å². The highest BCUT2D eigenvalue weighted by Gasteiger charge is 2.51. The van der Waals surface area contributed by atoms with Crippen LogP contribution in [0.15, 0.2) is 0 Å². The summed E-state index contributed by atoms with van der Waals surface area (Å²) in [5, 5.41) is -1.54. The number of halogens is 3. The van der Waals surface area contributed by atoms with Crippen LogP contribution in [0.25, 0.3) is 0 Å². The van der Waals surface area contributed by atoms with Gasteiger partial charge in [-0.3, -0.25) is 0 Å². The zero-order valence-electron chi connectivity index (χ0n) is 3.53. The average Bonchev–Trinajstić information content (AvgIpc) is 1.73. The Kier molecular flexibility index (Phi) is 1.88. The van der Waals surface area contributed by atoms with Gasteiger partial charge >= 0.3 is 0 Å². The number of nitrogens with two attached hydrogens (primary N) is 1. The molecule has 0 heterocycles. The molecule has 1 aliphatic carbocycles. The standard InChI is InChI=1S/C3H5ClFN.ClH/c4-3(5)1-2(3)6;/h2H,1,6H2;1H/t2-,3+;/m1./s1. The molecular formula is C3H6Cl2FN. The lowest BCUT2D eigenvalue weighted by Crippen LogP contribution is -2.07. The quantitative estimate of drug-likeness (QED) is 0.507. The van der Waals surface area contributed by atoms with Gasteiger partial charge in [-0.2, -0.15) is 0 Å². The first-order chi connectivity index (χ1) is 2.63. The molecule has 1 nitrogen and oxygen atoms in total. The van der Waals surface area contributed by atoms with Gasteiger partial charge < -0.3 is 5.73 Å². The Balaban J connectivity index is 0.000000360. The molecule has 4 heteroatoms. The molecule has 44 valence electrons. The second-order valence-corrected chi connectivity index (χ2v) is 2.20. The van der Waals surface area contributed by atoms with E-state index in [0.29, 0.717) is 6.42 Å². The molecule has 0 aromatic heterocycles. The summed E-state index contributed by atoms with van der Waals surface area (Å²) < 4.78 is 11.8. The van der Waals surface area contributed by atoms with Gasteiger partial charge in [-0.05, 0) is 0 Å². The molecule has 2 atom stereocenters. The third kappa shape index (κ3) is 1.44. The van der Waals surface area contributed by atoms with Crippen molar-refractivity contribution in [1.82, 2.24) is 0 Å². The Morgan fingerprint density at radius 1 is 1.86 bits per heavy atom. The minimum atomic E-state index is -1.54. The monoisotopic (exact) mass is 145 g/mol. The molecule has 0 unspecified atom stereocenters. The maximum Gasteiger partial charge on any atom is 0.200 e. The van der Waals surface area contributed by atoms with Crippen molar-refractivity contribution < 1.29 is 4.39 Å². The van der Waals surface area contributed by atoms with Crippen LogP contribution in [-0.2, 0) is 0 Å². The molecule has 0 aromatic rings. The molecule has 1 rings (SSSR count). The van der Waals surface area contributed by atoms with Gasteiger partial charge in [0.25, 0.3) is 0 Å². The van der Waals surface area contributed by atoms with E-state index in [4.69, 9.17) is 17.3 Å². The van der Waals surface area contributed by atoms with Crippen molar-refractivity contribution >= 4 is 24.0 Å². The van der Waals surface area contributed by atoms with E-state index in [1.54, 1.807) is 0 Å². The van der Waals surface area contributed by atoms with Gasteiger partial charge in [0.05, 0.1) is 6.04 Å². The summed E-state index contributed by atoms with van der Waals surface area (Å²) in [5.41, 5.74) is 4.99. The van der Waals surface area contributed by atoms with Crippen molar-refractivity contribution in [3.63, 3.8) is 0 Å². The van der Waals surface area contributed by atoms with Gasteiger partial charge in [0, 0.05) is 6.42 Å². The van der Waals surface area contributed by atoms with Gasteiger partial charge in [0.2, 0.25) is 0 Å². The van der Waals surface area contributed by atoms with E-state index in [-0.39, 0.29) is 12.4 Å². The van der Waals surface area contributed by atoms with E-state index in [0.717, 1.165) is 0 Å². The second-order valence-electron chi connectivity index (χ2n) is 1.57. The van der Waals surface area contributed by atoms with E-state index in [1.807, 2.05) is 0 Å². The first-order valence-corrected chi connectivity index (χ1v) is 2.14. The molecule has 1 fully saturated rings. The highest BCUT2D eigenvalue weighted by molar-refractivity contribution is 6.25. The topological polar surface area (TPSA) is 26.0 Å². The van der Waals surface area contributed by atoms with Crippen molar-refractivity contribution in [1.29, 1.82) is 0 Å². The van der Waals surface area contributed by atoms with Crippen LogP contribution in [0.5, 0.6) is 0 Å². The zero-order chi connectivity index (χ0) is 4.78. The second kappa shape index (κ2) is 1.77. The van der Waals surface area contributed by atoms with E-state index in [9.17, 15) is 4.39 Å². The fourth-order valence-corrected chi connectivity index (χ4v) is 0.401. The Labute approximate surface area is 52.4 Å². The minimum absolute atomic E-state index is 0. The number of hydrogen-bond donors (Lipinski definition) is 1. The first kappa shape index (κ1) is 7.47. The van der Waals surface area contributed by atoms with Gasteiger partial charge in [-0.25, -0.2) is 4.39 Å². The highest BCUT2D eigenvalue weighted by Crippen LogP contribution is 2.42. The number of alkyl halides is 2. The van der Waals surface area contributed by atoms with Crippen molar-refractivity contribution in [2.24, 2.45) is 5.73 Å². The molecule has 1 aliphatic rings. The van der Waals surface area contributed by atoms with E-state index in [1.165, 1.54) is 0 Å². The Hall–Kier alpha value is 0.470. The molecule has 0 saturated heterocycles. The molecule has 0 spiro atoms. The van der Waals surface area contributed by atoms with Crippen molar-refractivity contribution in [2.75, 3.05) is 0 Å². The van der Waals surface area contributed by atoms with Crippen LogP contribution in [0, 0.1) is 0 Å². The molecule has 0 radical (unpaired) electrons. The first-order valence-electron chi connectivity index (χ1n) is 1.76. The predicted molar refractivity (Wildman–Crippen MR) is 29.5 cm³/mol. The van der Waals surface area contributed by atoms with Crippen LogP contribution < -0.4 is 5.73 Å². The Morgan fingerprint density at radius 3 is 2.00 bits per heavy atom. The summed E-state index contributed by atoms with van der Waals surface area (Å²) in [5.74, 6) is 0. The van der Waals surface area contributed by atoms with Crippen LogP contribution in [-0.4, -0.2) is 11.2 Å². The fraction of sp³-hybridized carbons (Fsp3) is 1.00. The van der Waals surface area contributed by atoms with Gasteiger partial charge in [0.15, 0.2) is 5.13 Å². The van der Waals surface area contributed by atoms with Crippen LogP contribution in [0.4, 0.5) is 4.39 Å². The molecule has 0 aromatic carbocycles. The summed E-state index contributed by atoms with van der Waals surface area (Å²) in [6, 6.07) is -0.404. The lowest BCUT2D eigenvalue weighted by Gasteiger charge is -1.84. The molecule has 1 saturated carbocycles. The summed E-state index contributed by atoms with van der Waals surface area (Å²) in [7, 11) is 0. The van der Waals surface area contributed by atoms with Crippen LogP contribution in [0.1, 0.15) is 6.42 Å². The van der Waals surface area contributed by atoms with Crippen molar-refractivity contribution in [3.8, 4) is 0 Å². The SMILES string of the molecule is Cl.N[C@@H]1C[C@@]1(F)Cl. The summed E-state index contributed by atoms with van der Waals surface area (Å²) in [6.45, 7) is 0. The molecule has 0 aliphatic heterocycles. The highest BCUT2D eigenvalue weighted by atomic mass is 35.5. The molecule has 0 amide bonds. The smallest absolute Gasteiger partial charge is 0.200 e. The lowest BCUT2D eigenvalue weighted by atomic mass is 10.8. The Bertz CT molecular complexity index is 75.3. The van der Waals surface area contributed by atoms with Crippen LogP contribution in [0.2, 0.25) is 0 Å².